The Morgan fingerprint density at radius 3 is 2.50 bits per heavy atom. The molecule has 18 heavy (non-hydrogen) atoms. The van der Waals surface area contributed by atoms with Gasteiger partial charge < -0.3 is 9.80 Å². The van der Waals surface area contributed by atoms with Gasteiger partial charge in [0.1, 0.15) is 0 Å². The lowest BCUT2D eigenvalue weighted by atomic mass is 10.3. The van der Waals surface area contributed by atoms with Gasteiger partial charge in [-0.2, -0.15) is 0 Å². The maximum absolute atomic E-state index is 4.63. The molecule has 1 aromatic heterocycles. The Morgan fingerprint density at radius 2 is 1.94 bits per heavy atom. The van der Waals surface area contributed by atoms with Gasteiger partial charge in [-0.1, -0.05) is 6.92 Å². The van der Waals surface area contributed by atoms with Crippen LogP contribution in [0.1, 0.15) is 12.5 Å². The number of hydrogen-bond donors (Lipinski definition) is 0. The highest BCUT2D eigenvalue weighted by atomic mass is 32.2. The summed E-state index contributed by atoms with van der Waals surface area (Å²) in [4.78, 5) is 13.0. The number of hydrogen-bond acceptors (Lipinski definition) is 3. The second-order valence-electron chi connectivity index (χ2n) is 4.34. The molecule has 1 heterocycles. The molecular weight excluding hydrogens is 244 g/mol. The monoisotopic (exact) mass is 266 g/mol. The Labute approximate surface area is 114 Å². The molecule has 0 aliphatic rings. The van der Waals surface area contributed by atoms with Gasteiger partial charge in [-0.25, -0.2) is 9.98 Å². The zero-order valence-electron chi connectivity index (χ0n) is 11.8. The van der Waals surface area contributed by atoms with Crippen LogP contribution in [0.25, 0.3) is 0 Å². The minimum Gasteiger partial charge on any atom is -0.349 e. The first-order valence-electron chi connectivity index (χ1n) is 6.01. The van der Waals surface area contributed by atoms with Gasteiger partial charge in [0.15, 0.2) is 5.96 Å². The summed E-state index contributed by atoms with van der Waals surface area (Å²) in [6.45, 7) is 2.82. The molecule has 1 aromatic rings. The predicted octanol–water partition coefficient (Wildman–Crippen LogP) is 2.17. The van der Waals surface area contributed by atoms with Crippen molar-refractivity contribution in [3.8, 4) is 0 Å². The van der Waals surface area contributed by atoms with Crippen molar-refractivity contribution in [2.24, 2.45) is 4.99 Å². The smallest absolute Gasteiger partial charge is 0.195 e. The third-order valence-corrected chi connectivity index (χ3v) is 3.10. The van der Waals surface area contributed by atoms with Crippen LogP contribution in [0, 0.1) is 0 Å². The van der Waals surface area contributed by atoms with E-state index in [-0.39, 0.29) is 0 Å². The fraction of sp³-hybridized carbons (Fsp3) is 0.538. The highest BCUT2D eigenvalue weighted by molar-refractivity contribution is 7.99. The SMILES string of the molecule is CCSc1cc(CN=C(N(C)C)N(C)C)ccn1. The van der Waals surface area contributed by atoms with Crippen molar-refractivity contribution in [3.05, 3.63) is 23.9 Å². The summed E-state index contributed by atoms with van der Waals surface area (Å²) in [6.07, 6.45) is 1.86. The molecule has 5 heteroatoms. The van der Waals surface area contributed by atoms with Crippen LogP contribution >= 0.6 is 11.8 Å². The number of rotatable bonds is 4. The van der Waals surface area contributed by atoms with E-state index in [0.717, 1.165) is 16.7 Å². The van der Waals surface area contributed by atoms with Crippen molar-refractivity contribution < 1.29 is 0 Å². The summed E-state index contributed by atoms with van der Waals surface area (Å²) in [7, 11) is 8.01. The van der Waals surface area contributed by atoms with Gasteiger partial charge in [-0.15, -0.1) is 11.8 Å². The topological polar surface area (TPSA) is 31.7 Å². The molecular formula is C13H22N4S. The molecule has 0 radical (unpaired) electrons. The van der Waals surface area contributed by atoms with Crippen LogP contribution < -0.4 is 0 Å². The Balaban J connectivity index is 2.77. The summed E-state index contributed by atoms with van der Waals surface area (Å²) in [5.74, 6) is 2.01. The first-order valence-corrected chi connectivity index (χ1v) is 7.00. The molecule has 100 valence electrons. The van der Waals surface area contributed by atoms with E-state index in [1.165, 1.54) is 5.56 Å². The van der Waals surface area contributed by atoms with Crippen LogP contribution in [-0.4, -0.2) is 54.7 Å². The zero-order chi connectivity index (χ0) is 13.5. The van der Waals surface area contributed by atoms with Crippen molar-refractivity contribution in [2.75, 3.05) is 33.9 Å². The Hall–Kier alpha value is -1.23. The molecule has 0 saturated heterocycles. The molecule has 0 bridgehead atoms. The number of aromatic nitrogens is 1. The van der Waals surface area contributed by atoms with Crippen molar-refractivity contribution >= 4 is 17.7 Å². The van der Waals surface area contributed by atoms with E-state index in [9.17, 15) is 0 Å². The fourth-order valence-electron chi connectivity index (χ4n) is 1.62. The van der Waals surface area contributed by atoms with E-state index < -0.39 is 0 Å². The largest absolute Gasteiger partial charge is 0.349 e. The van der Waals surface area contributed by atoms with Crippen LogP contribution in [-0.2, 0) is 6.54 Å². The van der Waals surface area contributed by atoms with Crippen molar-refractivity contribution in [1.29, 1.82) is 0 Å². The normalized spacial score (nSPS) is 10.1. The Bertz CT molecular complexity index is 392. The molecule has 0 aliphatic heterocycles. The van der Waals surface area contributed by atoms with Crippen LogP contribution in [0.4, 0.5) is 0 Å². The van der Waals surface area contributed by atoms with Gasteiger partial charge in [0.25, 0.3) is 0 Å². The standard InChI is InChI=1S/C13H22N4S/c1-6-18-12-9-11(7-8-14-12)10-15-13(16(2)3)17(4)5/h7-9H,6,10H2,1-5H3. The molecule has 0 spiro atoms. The lowest BCUT2D eigenvalue weighted by molar-refractivity contribution is 0.479. The molecule has 0 atom stereocenters. The second kappa shape index (κ2) is 7.26. The Kier molecular flexibility index (Phi) is 5.98. The summed E-state index contributed by atoms with van der Waals surface area (Å²) in [6, 6.07) is 4.13. The van der Waals surface area contributed by atoms with Crippen molar-refractivity contribution in [1.82, 2.24) is 14.8 Å². The number of guanidine groups is 1. The van der Waals surface area contributed by atoms with Gasteiger partial charge in [-0.3, -0.25) is 0 Å². The van der Waals surface area contributed by atoms with Crippen LogP contribution in [0.5, 0.6) is 0 Å². The van der Waals surface area contributed by atoms with E-state index in [1.807, 2.05) is 50.3 Å². The third-order valence-electron chi connectivity index (χ3n) is 2.29. The predicted molar refractivity (Wildman–Crippen MR) is 79.1 cm³/mol. The zero-order valence-corrected chi connectivity index (χ0v) is 12.7. The second-order valence-corrected chi connectivity index (χ2v) is 5.62. The Morgan fingerprint density at radius 1 is 1.28 bits per heavy atom. The summed E-state index contributed by atoms with van der Waals surface area (Å²) >= 11 is 1.76. The lowest BCUT2D eigenvalue weighted by Gasteiger charge is -2.22. The molecule has 1 rings (SSSR count). The fourth-order valence-corrected chi connectivity index (χ4v) is 2.29. The van der Waals surface area contributed by atoms with E-state index in [2.05, 4.69) is 23.0 Å². The van der Waals surface area contributed by atoms with Gasteiger partial charge in [0, 0.05) is 34.4 Å². The molecule has 0 aliphatic carbocycles. The molecule has 0 amide bonds. The minimum absolute atomic E-state index is 0.686. The van der Waals surface area contributed by atoms with Gasteiger partial charge in [0.05, 0.1) is 11.6 Å². The quantitative estimate of drug-likeness (QED) is 0.475. The van der Waals surface area contributed by atoms with E-state index >= 15 is 0 Å². The minimum atomic E-state index is 0.686. The van der Waals surface area contributed by atoms with E-state index in [0.29, 0.717) is 6.54 Å². The van der Waals surface area contributed by atoms with Crippen LogP contribution in [0.2, 0.25) is 0 Å². The maximum Gasteiger partial charge on any atom is 0.195 e. The molecule has 0 fully saturated rings. The van der Waals surface area contributed by atoms with Gasteiger partial charge >= 0.3 is 0 Å². The average molecular weight is 266 g/mol. The van der Waals surface area contributed by atoms with Gasteiger partial charge in [-0.05, 0) is 23.4 Å². The lowest BCUT2D eigenvalue weighted by Crippen LogP contribution is -2.35. The molecule has 0 aromatic carbocycles. The number of thioether (sulfide) groups is 1. The number of aliphatic imine (C=N–C) groups is 1. The van der Waals surface area contributed by atoms with Crippen molar-refractivity contribution in [2.45, 2.75) is 18.5 Å². The maximum atomic E-state index is 4.63. The van der Waals surface area contributed by atoms with Crippen molar-refractivity contribution in [3.63, 3.8) is 0 Å². The highest BCUT2D eigenvalue weighted by Gasteiger charge is 2.04. The number of pyridine rings is 1. The third kappa shape index (κ3) is 4.56. The average Bonchev–Trinajstić information content (AvgIpc) is 2.29. The van der Waals surface area contributed by atoms with Crippen LogP contribution in [0.3, 0.4) is 0 Å². The molecule has 4 nitrogen and oxygen atoms in total. The molecule has 0 unspecified atom stereocenters. The number of nitrogens with zero attached hydrogens (tertiary/aromatic N) is 4. The first kappa shape index (κ1) is 14.8. The summed E-state index contributed by atoms with van der Waals surface area (Å²) in [5.41, 5.74) is 1.20. The first-order chi connectivity index (χ1) is 8.54. The molecule has 0 saturated carbocycles. The molecule has 0 N–H and O–H groups in total. The summed E-state index contributed by atoms with van der Waals surface area (Å²) < 4.78 is 0. The van der Waals surface area contributed by atoms with E-state index in [1.54, 1.807) is 11.8 Å². The van der Waals surface area contributed by atoms with Gasteiger partial charge in [0.2, 0.25) is 0 Å². The summed E-state index contributed by atoms with van der Waals surface area (Å²) in [5, 5.41) is 1.07. The highest BCUT2D eigenvalue weighted by Crippen LogP contribution is 2.16. The van der Waals surface area contributed by atoms with E-state index in [4.69, 9.17) is 0 Å². The van der Waals surface area contributed by atoms with Crippen LogP contribution in [0.15, 0.2) is 28.3 Å².